The summed E-state index contributed by atoms with van der Waals surface area (Å²) in [7, 11) is 1.58. The molecule has 0 saturated carbocycles. The molecule has 94 valence electrons. The van der Waals surface area contributed by atoms with Gasteiger partial charge >= 0.3 is 0 Å². The Kier molecular flexibility index (Phi) is 4.97. The van der Waals surface area contributed by atoms with Crippen molar-refractivity contribution in [2.75, 3.05) is 7.11 Å². The van der Waals surface area contributed by atoms with Crippen molar-refractivity contribution in [2.45, 2.75) is 26.3 Å². The van der Waals surface area contributed by atoms with E-state index in [0.717, 1.165) is 5.56 Å². The number of ether oxygens (including phenoxy) is 1. The lowest BCUT2D eigenvalue weighted by Gasteiger charge is -2.15. The van der Waals surface area contributed by atoms with Gasteiger partial charge in [-0.05, 0) is 25.1 Å². The molecular weight excluding hydrogens is 238 g/mol. The number of hydrogen-bond donors (Lipinski definition) is 1. The van der Waals surface area contributed by atoms with Crippen molar-refractivity contribution in [2.24, 2.45) is 11.7 Å². The molecule has 0 aliphatic rings. The predicted octanol–water partition coefficient (Wildman–Crippen LogP) is 2.44. The molecule has 2 N–H and O–H groups in total. The van der Waals surface area contributed by atoms with Crippen molar-refractivity contribution >= 4 is 17.4 Å². The Labute approximate surface area is 107 Å². The van der Waals surface area contributed by atoms with Gasteiger partial charge in [0.15, 0.2) is 0 Å². The van der Waals surface area contributed by atoms with Crippen molar-refractivity contribution in [1.29, 1.82) is 0 Å². The second-order valence-electron chi connectivity index (χ2n) is 4.25. The summed E-state index contributed by atoms with van der Waals surface area (Å²) in [5.74, 6) is 0.610. The van der Waals surface area contributed by atoms with Gasteiger partial charge in [-0.15, -0.1) is 0 Å². The van der Waals surface area contributed by atoms with Crippen LogP contribution in [-0.2, 0) is 11.2 Å². The van der Waals surface area contributed by atoms with E-state index in [1.807, 2.05) is 13.8 Å². The number of Topliss-reactive ketones (excluding diaryl/α,β-unsaturated/α-hetero) is 1. The van der Waals surface area contributed by atoms with Gasteiger partial charge in [0, 0.05) is 29.0 Å². The van der Waals surface area contributed by atoms with E-state index in [1.165, 1.54) is 0 Å². The highest BCUT2D eigenvalue weighted by Crippen LogP contribution is 2.24. The maximum atomic E-state index is 12.0. The number of benzene rings is 1. The van der Waals surface area contributed by atoms with E-state index < -0.39 is 0 Å². The summed E-state index contributed by atoms with van der Waals surface area (Å²) < 4.78 is 5.20. The second-order valence-corrected chi connectivity index (χ2v) is 4.68. The first kappa shape index (κ1) is 14.0. The molecule has 1 aromatic carbocycles. The second kappa shape index (κ2) is 6.03. The van der Waals surface area contributed by atoms with Crippen LogP contribution in [-0.4, -0.2) is 18.9 Å². The Bertz CT molecular complexity index is 404. The van der Waals surface area contributed by atoms with Gasteiger partial charge in [-0.2, -0.15) is 0 Å². The number of hydrogen-bond acceptors (Lipinski definition) is 3. The molecule has 2 unspecified atom stereocenters. The van der Waals surface area contributed by atoms with Crippen LogP contribution in [0, 0.1) is 5.92 Å². The van der Waals surface area contributed by atoms with Gasteiger partial charge in [0.2, 0.25) is 0 Å². The number of methoxy groups -OCH3 is 1. The maximum Gasteiger partial charge on any atom is 0.141 e. The van der Waals surface area contributed by atoms with Crippen LogP contribution in [0.15, 0.2) is 18.2 Å². The molecule has 0 bridgehead atoms. The van der Waals surface area contributed by atoms with Gasteiger partial charge in [0.1, 0.15) is 11.5 Å². The van der Waals surface area contributed by atoms with Crippen molar-refractivity contribution in [1.82, 2.24) is 0 Å². The molecule has 0 aromatic heterocycles. The van der Waals surface area contributed by atoms with Crippen molar-refractivity contribution in [3.05, 3.63) is 28.8 Å². The molecule has 3 nitrogen and oxygen atoms in total. The van der Waals surface area contributed by atoms with E-state index in [2.05, 4.69) is 0 Å². The van der Waals surface area contributed by atoms with Crippen LogP contribution in [0.5, 0.6) is 5.75 Å². The molecule has 1 aromatic rings. The number of nitrogens with two attached hydrogens (primary N) is 1. The van der Waals surface area contributed by atoms with Gasteiger partial charge in [0.25, 0.3) is 0 Å². The van der Waals surface area contributed by atoms with E-state index in [1.54, 1.807) is 25.3 Å². The van der Waals surface area contributed by atoms with Crippen LogP contribution in [0.2, 0.25) is 5.02 Å². The summed E-state index contributed by atoms with van der Waals surface area (Å²) in [6.45, 7) is 3.67. The average Bonchev–Trinajstić information content (AvgIpc) is 2.28. The zero-order valence-corrected chi connectivity index (χ0v) is 11.1. The highest BCUT2D eigenvalue weighted by molar-refractivity contribution is 6.30. The number of halogens is 1. The lowest BCUT2D eigenvalue weighted by Crippen LogP contribution is -2.31. The highest BCUT2D eigenvalue weighted by atomic mass is 35.5. The van der Waals surface area contributed by atoms with E-state index in [-0.39, 0.29) is 17.7 Å². The van der Waals surface area contributed by atoms with Crippen LogP contribution in [0.25, 0.3) is 0 Å². The molecule has 1 rings (SSSR count). The average molecular weight is 256 g/mol. The monoisotopic (exact) mass is 255 g/mol. The first-order valence-corrected chi connectivity index (χ1v) is 5.94. The predicted molar refractivity (Wildman–Crippen MR) is 69.5 cm³/mol. The third kappa shape index (κ3) is 3.72. The fourth-order valence-corrected chi connectivity index (χ4v) is 1.72. The third-order valence-corrected chi connectivity index (χ3v) is 3.14. The normalized spacial score (nSPS) is 14.2. The number of carbonyl (C=O) groups is 1. The molecule has 4 heteroatoms. The third-order valence-electron chi connectivity index (χ3n) is 2.90. The van der Waals surface area contributed by atoms with Crippen LogP contribution in [0.1, 0.15) is 19.4 Å². The summed E-state index contributed by atoms with van der Waals surface area (Å²) in [6, 6.07) is 5.12. The molecule has 17 heavy (non-hydrogen) atoms. The summed E-state index contributed by atoms with van der Waals surface area (Å²) in [5.41, 5.74) is 6.52. The van der Waals surface area contributed by atoms with Crippen molar-refractivity contribution in [3.8, 4) is 5.75 Å². The van der Waals surface area contributed by atoms with Crippen LogP contribution in [0.3, 0.4) is 0 Å². The Hall–Kier alpha value is -1.06. The molecular formula is C13H18ClNO2. The number of carbonyl (C=O) groups excluding carboxylic acids is 1. The van der Waals surface area contributed by atoms with Gasteiger partial charge in [-0.3, -0.25) is 4.79 Å². The summed E-state index contributed by atoms with van der Waals surface area (Å²) in [4.78, 5) is 12.0. The molecule has 0 fully saturated rings. The van der Waals surface area contributed by atoms with Crippen LogP contribution < -0.4 is 10.5 Å². The standard InChI is InChI=1S/C13H18ClNO2/c1-8(9(2)15)12(16)7-10-6-11(14)4-5-13(10)17-3/h4-6,8-9H,7,15H2,1-3H3. The molecule has 0 spiro atoms. The summed E-state index contributed by atoms with van der Waals surface area (Å²) in [5, 5.41) is 0.599. The Balaban J connectivity index is 2.87. The Morgan fingerprint density at radius 1 is 1.47 bits per heavy atom. The Morgan fingerprint density at radius 2 is 2.12 bits per heavy atom. The lowest BCUT2D eigenvalue weighted by molar-refractivity contribution is -0.122. The SMILES string of the molecule is COc1ccc(Cl)cc1CC(=O)C(C)C(C)N. The quantitative estimate of drug-likeness (QED) is 0.879. The van der Waals surface area contributed by atoms with E-state index in [0.29, 0.717) is 17.2 Å². The fraction of sp³-hybridized carbons (Fsp3) is 0.462. The van der Waals surface area contributed by atoms with E-state index >= 15 is 0 Å². The van der Waals surface area contributed by atoms with Gasteiger partial charge in [-0.25, -0.2) is 0 Å². The zero-order valence-electron chi connectivity index (χ0n) is 10.4. The van der Waals surface area contributed by atoms with Gasteiger partial charge in [0.05, 0.1) is 7.11 Å². The van der Waals surface area contributed by atoms with Crippen molar-refractivity contribution in [3.63, 3.8) is 0 Å². The maximum absolute atomic E-state index is 12.0. The number of rotatable bonds is 5. The molecule has 2 atom stereocenters. The molecule has 0 aliphatic heterocycles. The van der Waals surface area contributed by atoms with Crippen LogP contribution in [0.4, 0.5) is 0 Å². The lowest BCUT2D eigenvalue weighted by atomic mass is 9.94. The minimum absolute atomic E-state index is 0.0977. The largest absolute Gasteiger partial charge is 0.496 e. The smallest absolute Gasteiger partial charge is 0.141 e. The molecule has 0 heterocycles. The first-order valence-electron chi connectivity index (χ1n) is 5.56. The molecule has 0 amide bonds. The van der Waals surface area contributed by atoms with E-state index in [9.17, 15) is 4.79 Å². The number of ketones is 1. The minimum atomic E-state index is -0.168. The minimum Gasteiger partial charge on any atom is -0.496 e. The fourth-order valence-electron chi connectivity index (χ4n) is 1.53. The van der Waals surface area contributed by atoms with Crippen LogP contribution >= 0.6 is 11.6 Å². The van der Waals surface area contributed by atoms with Crippen molar-refractivity contribution < 1.29 is 9.53 Å². The van der Waals surface area contributed by atoms with Gasteiger partial charge in [-0.1, -0.05) is 18.5 Å². The highest BCUT2D eigenvalue weighted by Gasteiger charge is 2.18. The van der Waals surface area contributed by atoms with Gasteiger partial charge < -0.3 is 10.5 Å². The summed E-state index contributed by atoms with van der Waals surface area (Å²) in [6.07, 6.45) is 0.298. The van der Waals surface area contributed by atoms with E-state index in [4.69, 9.17) is 22.1 Å². The molecule has 0 aliphatic carbocycles. The zero-order chi connectivity index (χ0) is 13.0. The Morgan fingerprint density at radius 3 is 2.65 bits per heavy atom. The topological polar surface area (TPSA) is 52.3 Å². The first-order chi connectivity index (χ1) is 7.95. The molecule has 0 radical (unpaired) electrons. The molecule has 0 saturated heterocycles. The summed E-state index contributed by atoms with van der Waals surface area (Å²) >= 11 is 5.91.